The van der Waals surface area contributed by atoms with Gasteiger partial charge in [-0.2, -0.15) is 0 Å². The van der Waals surface area contributed by atoms with Gasteiger partial charge in [-0.3, -0.25) is 4.79 Å². The number of rotatable bonds is 4. The van der Waals surface area contributed by atoms with E-state index in [2.05, 4.69) is 11.4 Å². The smallest absolute Gasteiger partial charge is 0.289 e. The van der Waals surface area contributed by atoms with Crippen LogP contribution < -0.4 is 0 Å². The lowest BCUT2D eigenvalue weighted by molar-refractivity contribution is 0.0798. The Bertz CT molecular complexity index is 760. The van der Waals surface area contributed by atoms with Gasteiger partial charge in [-0.05, 0) is 17.5 Å². The highest BCUT2D eigenvalue weighted by Gasteiger charge is 2.21. The molecule has 0 aliphatic carbocycles. The minimum atomic E-state index is -0.0898. The molecular weight excluding hydrogens is 302 g/mol. The highest BCUT2D eigenvalue weighted by Crippen LogP contribution is 2.34. The summed E-state index contributed by atoms with van der Waals surface area (Å²) in [6, 6.07) is 11.9. The van der Waals surface area contributed by atoms with Crippen molar-refractivity contribution in [2.45, 2.75) is 9.96 Å². The van der Waals surface area contributed by atoms with Crippen LogP contribution in [0, 0.1) is 0 Å². The third kappa shape index (κ3) is 2.84. The van der Waals surface area contributed by atoms with Crippen LogP contribution in [0.4, 0.5) is 0 Å². The maximum absolute atomic E-state index is 12.3. The Labute approximate surface area is 131 Å². The van der Waals surface area contributed by atoms with E-state index in [-0.39, 0.29) is 5.91 Å². The summed E-state index contributed by atoms with van der Waals surface area (Å²) in [5.41, 5.74) is 1.74. The molecule has 2 aromatic heterocycles. The average molecular weight is 317 g/mol. The molecule has 0 N–H and O–H groups in total. The summed E-state index contributed by atoms with van der Waals surface area (Å²) in [7, 11) is 3.48. The van der Waals surface area contributed by atoms with Gasteiger partial charge >= 0.3 is 0 Å². The summed E-state index contributed by atoms with van der Waals surface area (Å²) in [4.78, 5) is 13.9. The van der Waals surface area contributed by atoms with Gasteiger partial charge in [0.15, 0.2) is 5.76 Å². The molecule has 0 aliphatic rings. The van der Waals surface area contributed by atoms with Crippen molar-refractivity contribution in [1.29, 1.82) is 0 Å². The molecule has 5 heteroatoms. The number of para-hydroxylation sites is 1. The largest absolute Gasteiger partial charge is 0.451 e. The van der Waals surface area contributed by atoms with Crippen LogP contribution in [-0.2, 0) is 5.75 Å². The number of thioether (sulfide) groups is 1. The predicted octanol–water partition coefficient (Wildman–Crippen LogP) is 4.49. The quantitative estimate of drug-likeness (QED) is 0.665. The van der Waals surface area contributed by atoms with Crippen molar-refractivity contribution in [3.8, 4) is 0 Å². The molecule has 0 bridgehead atoms. The van der Waals surface area contributed by atoms with Gasteiger partial charge in [0, 0.05) is 30.8 Å². The van der Waals surface area contributed by atoms with Crippen LogP contribution in [0.2, 0.25) is 0 Å². The average Bonchev–Trinajstić information content (AvgIpc) is 3.11. The minimum Gasteiger partial charge on any atom is -0.451 e. The number of carbonyl (C=O) groups is 1. The zero-order chi connectivity index (χ0) is 14.8. The molecule has 3 rings (SSSR count). The predicted molar refractivity (Wildman–Crippen MR) is 88.1 cm³/mol. The molecule has 2 heterocycles. The second kappa shape index (κ2) is 5.95. The summed E-state index contributed by atoms with van der Waals surface area (Å²) in [6.45, 7) is 0. The third-order valence-electron chi connectivity index (χ3n) is 3.15. The van der Waals surface area contributed by atoms with Crippen molar-refractivity contribution in [3.63, 3.8) is 0 Å². The van der Waals surface area contributed by atoms with E-state index in [4.69, 9.17) is 4.42 Å². The Morgan fingerprint density at radius 2 is 2.05 bits per heavy atom. The first-order chi connectivity index (χ1) is 10.2. The number of benzene rings is 1. The van der Waals surface area contributed by atoms with Crippen molar-refractivity contribution in [3.05, 3.63) is 53.1 Å². The van der Waals surface area contributed by atoms with E-state index in [1.807, 2.05) is 30.3 Å². The molecule has 1 aromatic carbocycles. The summed E-state index contributed by atoms with van der Waals surface area (Å²) in [5.74, 6) is 1.09. The van der Waals surface area contributed by atoms with Crippen LogP contribution in [0.1, 0.15) is 16.1 Å². The van der Waals surface area contributed by atoms with Crippen LogP contribution in [-0.4, -0.2) is 24.9 Å². The van der Waals surface area contributed by atoms with Crippen molar-refractivity contribution < 1.29 is 9.21 Å². The second-order valence-corrected chi connectivity index (χ2v) is 7.05. The topological polar surface area (TPSA) is 33.5 Å². The molecule has 3 nitrogen and oxygen atoms in total. The molecule has 21 heavy (non-hydrogen) atoms. The van der Waals surface area contributed by atoms with Crippen LogP contribution in [0.5, 0.6) is 0 Å². The van der Waals surface area contributed by atoms with Gasteiger partial charge in [-0.25, -0.2) is 0 Å². The maximum Gasteiger partial charge on any atom is 0.289 e. The highest BCUT2D eigenvalue weighted by atomic mass is 32.2. The first kappa shape index (κ1) is 14.2. The monoisotopic (exact) mass is 317 g/mol. The number of hydrogen-bond acceptors (Lipinski definition) is 4. The second-order valence-electron chi connectivity index (χ2n) is 4.83. The molecule has 3 aromatic rings. The standard InChI is InChI=1S/C16H15NO2S2/c1-17(2)16(18)15-12(10-21-14-8-5-9-20-14)11-6-3-4-7-13(11)19-15/h3-9H,10H2,1-2H3. The number of thiophene rings is 1. The van der Waals surface area contributed by atoms with E-state index in [1.54, 1.807) is 42.1 Å². The number of fused-ring (bicyclic) bond motifs is 1. The Morgan fingerprint density at radius 3 is 2.76 bits per heavy atom. The van der Waals surface area contributed by atoms with Gasteiger partial charge in [0.2, 0.25) is 0 Å². The molecule has 0 saturated heterocycles. The Kier molecular flexibility index (Phi) is 4.03. The molecule has 0 unspecified atom stereocenters. The lowest BCUT2D eigenvalue weighted by Gasteiger charge is -2.09. The summed E-state index contributed by atoms with van der Waals surface area (Å²) in [5, 5.41) is 3.08. The van der Waals surface area contributed by atoms with E-state index in [9.17, 15) is 4.79 Å². The van der Waals surface area contributed by atoms with Gasteiger partial charge in [0.1, 0.15) is 5.58 Å². The van der Waals surface area contributed by atoms with Crippen LogP contribution in [0.25, 0.3) is 11.0 Å². The zero-order valence-corrected chi connectivity index (χ0v) is 13.5. The van der Waals surface area contributed by atoms with Gasteiger partial charge in [0.05, 0.1) is 4.21 Å². The number of nitrogens with zero attached hydrogens (tertiary/aromatic N) is 1. The summed E-state index contributed by atoms with van der Waals surface area (Å²) < 4.78 is 7.03. The number of hydrogen-bond donors (Lipinski definition) is 0. The molecule has 0 aliphatic heterocycles. The normalized spacial score (nSPS) is 11.0. The Hall–Kier alpha value is -1.72. The summed E-state index contributed by atoms with van der Waals surface area (Å²) >= 11 is 3.44. The minimum absolute atomic E-state index is 0.0898. The number of carbonyl (C=O) groups excluding carboxylic acids is 1. The van der Waals surface area contributed by atoms with Crippen LogP contribution >= 0.6 is 23.1 Å². The van der Waals surface area contributed by atoms with Gasteiger partial charge < -0.3 is 9.32 Å². The molecule has 0 spiro atoms. The van der Waals surface area contributed by atoms with E-state index in [0.717, 1.165) is 22.3 Å². The van der Waals surface area contributed by atoms with Crippen molar-refractivity contribution >= 4 is 40.0 Å². The van der Waals surface area contributed by atoms with Crippen LogP contribution in [0.15, 0.2) is 50.4 Å². The Morgan fingerprint density at radius 1 is 1.24 bits per heavy atom. The van der Waals surface area contributed by atoms with Crippen molar-refractivity contribution in [1.82, 2.24) is 4.90 Å². The highest BCUT2D eigenvalue weighted by molar-refractivity contribution is 8.00. The van der Waals surface area contributed by atoms with Gasteiger partial charge in [-0.1, -0.05) is 24.3 Å². The van der Waals surface area contributed by atoms with E-state index < -0.39 is 0 Å². The fourth-order valence-electron chi connectivity index (χ4n) is 2.11. The molecule has 0 atom stereocenters. The van der Waals surface area contributed by atoms with E-state index in [1.165, 1.54) is 4.21 Å². The zero-order valence-electron chi connectivity index (χ0n) is 11.8. The first-order valence-corrected chi connectivity index (χ1v) is 8.41. The SMILES string of the molecule is CN(C)C(=O)c1oc2ccccc2c1CSc1cccs1. The molecule has 1 amide bonds. The lowest BCUT2D eigenvalue weighted by Crippen LogP contribution is -2.22. The summed E-state index contributed by atoms with van der Waals surface area (Å²) in [6.07, 6.45) is 0. The van der Waals surface area contributed by atoms with Crippen molar-refractivity contribution in [2.24, 2.45) is 0 Å². The number of furan rings is 1. The molecule has 108 valence electrons. The van der Waals surface area contributed by atoms with Crippen molar-refractivity contribution in [2.75, 3.05) is 14.1 Å². The lowest BCUT2D eigenvalue weighted by atomic mass is 10.1. The van der Waals surface area contributed by atoms with Gasteiger partial charge in [-0.15, -0.1) is 23.1 Å². The maximum atomic E-state index is 12.3. The van der Waals surface area contributed by atoms with E-state index >= 15 is 0 Å². The Balaban J connectivity index is 2.00. The molecule has 0 saturated carbocycles. The van der Waals surface area contributed by atoms with Gasteiger partial charge in [0.25, 0.3) is 5.91 Å². The molecular formula is C16H15NO2S2. The first-order valence-electron chi connectivity index (χ1n) is 6.55. The number of amides is 1. The molecule has 0 fully saturated rings. The van der Waals surface area contributed by atoms with E-state index in [0.29, 0.717) is 5.76 Å². The third-order valence-corrected chi connectivity index (χ3v) is 5.31. The fraction of sp³-hybridized carbons (Fsp3) is 0.188. The molecule has 0 radical (unpaired) electrons. The van der Waals surface area contributed by atoms with Crippen LogP contribution in [0.3, 0.4) is 0 Å². The fourth-order valence-corrected chi connectivity index (χ4v) is 3.92.